The second-order valence-corrected chi connectivity index (χ2v) is 5.79. The second-order valence-electron chi connectivity index (χ2n) is 3.91. The van der Waals surface area contributed by atoms with Crippen molar-refractivity contribution in [2.75, 3.05) is 12.8 Å². The van der Waals surface area contributed by atoms with Gasteiger partial charge in [0, 0.05) is 14.9 Å². The molecule has 0 amide bonds. The second kappa shape index (κ2) is 5.30. The van der Waals surface area contributed by atoms with Crippen LogP contribution in [0.25, 0.3) is 10.4 Å². The summed E-state index contributed by atoms with van der Waals surface area (Å²) < 4.78 is 18.8. The zero-order valence-electron chi connectivity index (χ0n) is 10.3. The van der Waals surface area contributed by atoms with Crippen LogP contribution in [0.4, 0.5) is 10.1 Å². The molecule has 0 spiro atoms. The van der Waals surface area contributed by atoms with E-state index in [-0.39, 0.29) is 5.82 Å². The van der Waals surface area contributed by atoms with Crippen LogP contribution in [0.2, 0.25) is 0 Å². The molecule has 0 aliphatic carbocycles. The van der Waals surface area contributed by atoms with Crippen LogP contribution >= 0.6 is 27.3 Å². The van der Waals surface area contributed by atoms with Crippen molar-refractivity contribution in [2.45, 2.75) is 6.92 Å². The number of thiophene rings is 1. The number of hydrogen-bond acceptors (Lipinski definition) is 4. The van der Waals surface area contributed by atoms with E-state index in [1.807, 2.05) is 0 Å². The minimum atomic E-state index is -0.482. The van der Waals surface area contributed by atoms with E-state index in [9.17, 15) is 9.18 Å². The SMILES string of the molecule is COC(=O)c1sc(-c2cc(F)ccc2Br)c(C)c1N. The predicted octanol–water partition coefficient (Wildman–Crippen LogP) is 3.99. The maximum Gasteiger partial charge on any atom is 0.350 e. The molecule has 0 aliphatic heterocycles. The number of halogens is 2. The Hall–Kier alpha value is -1.40. The molecule has 2 aromatic rings. The first-order valence-electron chi connectivity index (χ1n) is 5.38. The quantitative estimate of drug-likeness (QED) is 0.838. The lowest BCUT2D eigenvalue weighted by molar-refractivity contribution is 0.0607. The standard InChI is InChI=1S/C13H11BrFNO2S/c1-6-10(16)12(13(17)18-2)19-11(6)8-5-7(15)3-4-9(8)14/h3-5H,16H2,1-2H3. The number of methoxy groups -OCH3 is 1. The number of anilines is 1. The molecule has 0 radical (unpaired) electrons. The molecule has 2 rings (SSSR count). The summed E-state index contributed by atoms with van der Waals surface area (Å²) in [4.78, 5) is 12.7. The van der Waals surface area contributed by atoms with Gasteiger partial charge in [-0.15, -0.1) is 11.3 Å². The lowest BCUT2D eigenvalue weighted by Gasteiger charge is -2.03. The van der Waals surface area contributed by atoms with E-state index >= 15 is 0 Å². The molecular weight excluding hydrogens is 333 g/mol. The number of rotatable bonds is 2. The van der Waals surface area contributed by atoms with Gasteiger partial charge in [-0.1, -0.05) is 15.9 Å². The van der Waals surface area contributed by atoms with Gasteiger partial charge in [-0.05, 0) is 30.7 Å². The maximum atomic E-state index is 13.4. The van der Waals surface area contributed by atoms with E-state index in [0.29, 0.717) is 16.1 Å². The highest BCUT2D eigenvalue weighted by Gasteiger charge is 2.21. The highest BCUT2D eigenvalue weighted by Crippen LogP contribution is 2.41. The Morgan fingerprint density at radius 3 is 2.79 bits per heavy atom. The van der Waals surface area contributed by atoms with Crippen LogP contribution in [0.3, 0.4) is 0 Å². The summed E-state index contributed by atoms with van der Waals surface area (Å²) >= 11 is 4.57. The summed E-state index contributed by atoms with van der Waals surface area (Å²) in [7, 11) is 1.30. The lowest BCUT2D eigenvalue weighted by Crippen LogP contribution is -2.01. The zero-order chi connectivity index (χ0) is 14.2. The molecule has 0 unspecified atom stereocenters. The number of carbonyl (C=O) groups is 1. The van der Waals surface area contributed by atoms with Crippen LogP contribution in [0.15, 0.2) is 22.7 Å². The van der Waals surface area contributed by atoms with Gasteiger partial charge in [-0.25, -0.2) is 9.18 Å². The maximum absolute atomic E-state index is 13.4. The Balaban J connectivity index is 2.63. The van der Waals surface area contributed by atoms with Crippen LogP contribution in [0.1, 0.15) is 15.2 Å². The number of nitrogen functional groups attached to an aromatic ring is 1. The minimum absolute atomic E-state index is 0.339. The van der Waals surface area contributed by atoms with Crippen molar-refractivity contribution in [1.82, 2.24) is 0 Å². The molecule has 3 nitrogen and oxygen atoms in total. The summed E-state index contributed by atoms with van der Waals surface area (Å²) in [5.41, 5.74) is 7.70. The molecule has 1 aromatic heterocycles. The lowest BCUT2D eigenvalue weighted by atomic mass is 10.1. The monoisotopic (exact) mass is 343 g/mol. The minimum Gasteiger partial charge on any atom is -0.465 e. The summed E-state index contributed by atoms with van der Waals surface area (Å²) in [5, 5.41) is 0. The summed E-state index contributed by atoms with van der Waals surface area (Å²) in [6, 6.07) is 4.39. The number of nitrogens with two attached hydrogens (primary N) is 1. The summed E-state index contributed by atoms with van der Waals surface area (Å²) in [6.07, 6.45) is 0. The van der Waals surface area contributed by atoms with Crippen molar-refractivity contribution >= 4 is 38.9 Å². The van der Waals surface area contributed by atoms with Crippen molar-refractivity contribution in [3.8, 4) is 10.4 Å². The van der Waals surface area contributed by atoms with Crippen molar-refractivity contribution < 1.29 is 13.9 Å². The zero-order valence-corrected chi connectivity index (χ0v) is 12.7. The smallest absolute Gasteiger partial charge is 0.350 e. The van der Waals surface area contributed by atoms with Crippen molar-refractivity contribution in [3.63, 3.8) is 0 Å². The fourth-order valence-electron chi connectivity index (χ4n) is 1.70. The van der Waals surface area contributed by atoms with Crippen LogP contribution in [0.5, 0.6) is 0 Å². The Kier molecular flexibility index (Phi) is 3.91. The molecule has 1 heterocycles. The van der Waals surface area contributed by atoms with Gasteiger partial charge in [0.1, 0.15) is 10.7 Å². The summed E-state index contributed by atoms with van der Waals surface area (Å²) in [5.74, 6) is -0.825. The van der Waals surface area contributed by atoms with Crippen molar-refractivity contribution in [2.24, 2.45) is 0 Å². The molecule has 6 heteroatoms. The molecule has 0 bridgehead atoms. The van der Waals surface area contributed by atoms with E-state index in [4.69, 9.17) is 5.73 Å². The van der Waals surface area contributed by atoms with Gasteiger partial charge in [-0.3, -0.25) is 0 Å². The van der Waals surface area contributed by atoms with Gasteiger partial charge in [-0.2, -0.15) is 0 Å². The Bertz CT molecular complexity index is 654. The third-order valence-corrected chi connectivity index (χ3v) is 4.75. The molecule has 2 N–H and O–H groups in total. The van der Waals surface area contributed by atoms with Crippen LogP contribution in [-0.2, 0) is 4.74 Å². The molecular formula is C13H11BrFNO2S. The largest absolute Gasteiger partial charge is 0.465 e. The van der Waals surface area contributed by atoms with E-state index in [1.165, 1.54) is 30.6 Å². The van der Waals surface area contributed by atoms with E-state index < -0.39 is 5.97 Å². The van der Waals surface area contributed by atoms with Gasteiger partial charge in [0.05, 0.1) is 12.8 Å². The normalized spacial score (nSPS) is 10.5. The predicted molar refractivity (Wildman–Crippen MR) is 77.9 cm³/mol. The molecule has 0 saturated carbocycles. The van der Waals surface area contributed by atoms with Gasteiger partial charge in [0.2, 0.25) is 0 Å². The molecule has 0 atom stereocenters. The molecule has 1 aromatic carbocycles. The molecule has 0 fully saturated rings. The first-order valence-corrected chi connectivity index (χ1v) is 6.99. The van der Waals surface area contributed by atoms with Crippen molar-refractivity contribution in [3.05, 3.63) is 38.9 Å². The fraction of sp³-hybridized carbons (Fsp3) is 0.154. The topological polar surface area (TPSA) is 52.3 Å². The highest BCUT2D eigenvalue weighted by molar-refractivity contribution is 9.10. The number of benzene rings is 1. The third kappa shape index (κ3) is 2.50. The first-order chi connectivity index (χ1) is 8.95. The Labute approximate surface area is 122 Å². The molecule has 19 heavy (non-hydrogen) atoms. The average Bonchev–Trinajstić information content (AvgIpc) is 2.69. The molecule has 0 saturated heterocycles. The number of carbonyl (C=O) groups excluding carboxylic acids is 1. The first kappa shape index (κ1) is 14.0. The summed E-state index contributed by atoms with van der Waals surface area (Å²) in [6.45, 7) is 1.80. The number of hydrogen-bond donors (Lipinski definition) is 1. The highest BCUT2D eigenvalue weighted by atomic mass is 79.9. The average molecular weight is 344 g/mol. The van der Waals surface area contributed by atoms with Crippen LogP contribution in [0, 0.1) is 12.7 Å². The van der Waals surface area contributed by atoms with Gasteiger partial charge >= 0.3 is 5.97 Å². The Morgan fingerprint density at radius 2 is 2.16 bits per heavy atom. The van der Waals surface area contributed by atoms with Crippen LogP contribution in [-0.4, -0.2) is 13.1 Å². The third-order valence-electron chi connectivity index (χ3n) is 2.74. The van der Waals surface area contributed by atoms with Crippen molar-refractivity contribution in [1.29, 1.82) is 0 Å². The molecule has 100 valence electrons. The fourth-order valence-corrected chi connectivity index (χ4v) is 3.45. The van der Waals surface area contributed by atoms with Gasteiger partial charge in [0.15, 0.2) is 0 Å². The van der Waals surface area contributed by atoms with Gasteiger partial charge < -0.3 is 10.5 Å². The van der Waals surface area contributed by atoms with E-state index in [0.717, 1.165) is 14.9 Å². The number of esters is 1. The van der Waals surface area contributed by atoms with E-state index in [1.54, 1.807) is 13.0 Å². The Morgan fingerprint density at radius 1 is 1.47 bits per heavy atom. The van der Waals surface area contributed by atoms with Gasteiger partial charge in [0.25, 0.3) is 0 Å². The van der Waals surface area contributed by atoms with E-state index in [2.05, 4.69) is 20.7 Å². The van der Waals surface area contributed by atoms with Crippen LogP contribution < -0.4 is 5.73 Å². The number of ether oxygens (including phenoxy) is 1. The molecule has 0 aliphatic rings.